The maximum atomic E-state index is 12.5. The summed E-state index contributed by atoms with van der Waals surface area (Å²) in [6.07, 6.45) is 1.23. The second-order valence-electron chi connectivity index (χ2n) is 12.3. The largest absolute Gasteiger partial charge is 0.414 e. The Morgan fingerprint density at radius 1 is 1.12 bits per heavy atom. The van der Waals surface area contributed by atoms with Crippen LogP contribution in [0.5, 0.6) is 0 Å². The van der Waals surface area contributed by atoms with Gasteiger partial charge in [0, 0.05) is 31.7 Å². The molecule has 1 fully saturated rings. The van der Waals surface area contributed by atoms with Crippen molar-refractivity contribution in [3.63, 3.8) is 0 Å². The van der Waals surface area contributed by atoms with Crippen LogP contribution in [-0.2, 0) is 13.6 Å². The monoisotopic (exact) mass is 500 g/mol. The molecule has 0 spiro atoms. The van der Waals surface area contributed by atoms with Crippen LogP contribution in [0.2, 0.25) is 36.3 Å². The minimum Gasteiger partial charge on any atom is -0.414 e. The van der Waals surface area contributed by atoms with E-state index in [-0.39, 0.29) is 29.4 Å². The molecule has 1 aromatic heterocycles. The van der Waals surface area contributed by atoms with Gasteiger partial charge in [-0.25, -0.2) is 4.79 Å². The Balaban J connectivity index is 2.49. The van der Waals surface area contributed by atoms with Crippen LogP contribution in [0.15, 0.2) is 21.9 Å². The standard InChI is InChI=1S/C23H44N2O6Si2/c1-21(2,3)32(7,8)29-16-23(12-14-26)17(31-33(9,10)22(4,5)6)15-19(30-23)25-13-11-18(27)24-20(25)28/h11,13,17,19,26H,12,14-16H2,1-10H3,(H,24,27,28)/t17-,19+,23-/m0/s1. The quantitative estimate of drug-likeness (QED) is 0.523. The van der Waals surface area contributed by atoms with E-state index >= 15 is 0 Å². The Labute approximate surface area is 199 Å². The van der Waals surface area contributed by atoms with Gasteiger partial charge in [-0.3, -0.25) is 14.3 Å². The lowest BCUT2D eigenvalue weighted by molar-refractivity contribution is -0.132. The van der Waals surface area contributed by atoms with Gasteiger partial charge in [-0.2, -0.15) is 0 Å². The summed E-state index contributed by atoms with van der Waals surface area (Å²) < 4.78 is 21.4. The summed E-state index contributed by atoms with van der Waals surface area (Å²) in [5.74, 6) is 0. The number of H-pyrrole nitrogens is 1. The molecule has 2 heterocycles. The number of aliphatic hydroxyl groups is 1. The number of hydrogen-bond acceptors (Lipinski definition) is 6. The Bertz CT molecular complexity index is 928. The average molecular weight is 501 g/mol. The topological polar surface area (TPSA) is 103 Å². The SMILES string of the molecule is CC(C)(C)[Si](C)(C)OC[C@]1(CCO)O[C@@H](n2ccc(=O)[nH]c2=O)C[C@@H]1O[Si](C)(C)C(C)(C)C. The number of rotatable bonds is 8. The zero-order chi connectivity index (χ0) is 25.5. The first-order valence-electron chi connectivity index (χ1n) is 11.8. The van der Waals surface area contributed by atoms with Crippen LogP contribution in [0.4, 0.5) is 0 Å². The number of aliphatic hydroxyl groups excluding tert-OH is 1. The second kappa shape index (κ2) is 9.54. The van der Waals surface area contributed by atoms with Crippen LogP contribution in [0.3, 0.4) is 0 Å². The maximum Gasteiger partial charge on any atom is 0.330 e. The van der Waals surface area contributed by atoms with Crippen molar-refractivity contribution < 1.29 is 18.7 Å². The van der Waals surface area contributed by atoms with Crippen LogP contribution in [0.25, 0.3) is 0 Å². The second-order valence-corrected chi connectivity index (χ2v) is 21.8. The van der Waals surface area contributed by atoms with Crippen molar-refractivity contribution in [2.24, 2.45) is 0 Å². The molecule has 0 amide bonds. The number of nitrogens with one attached hydrogen (secondary N) is 1. The van der Waals surface area contributed by atoms with Crippen LogP contribution < -0.4 is 11.2 Å². The molecule has 0 bridgehead atoms. The number of ether oxygens (including phenoxy) is 1. The molecule has 1 aliphatic rings. The molecular weight excluding hydrogens is 456 g/mol. The smallest absolute Gasteiger partial charge is 0.330 e. The van der Waals surface area contributed by atoms with Crippen molar-refractivity contribution in [1.29, 1.82) is 0 Å². The summed E-state index contributed by atoms with van der Waals surface area (Å²) in [5, 5.41) is 10.0. The van der Waals surface area contributed by atoms with E-state index in [4.69, 9.17) is 13.6 Å². The minimum absolute atomic E-state index is 0.0110. The van der Waals surface area contributed by atoms with Gasteiger partial charge >= 0.3 is 5.69 Å². The highest BCUT2D eigenvalue weighted by Crippen LogP contribution is 2.47. The van der Waals surface area contributed by atoms with Gasteiger partial charge in [0.2, 0.25) is 0 Å². The molecule has 33 heavy (non-hydrogen) atoms. The number of aromatic amines is 1. The molecule has 2 N–H and O–H groups in total. The van der Waals surface area contributed by atoms with Gasteiger partial charge in [-0.1, -0.05) is 41.5 Å². The van der Waals surface area contributed by atoms with Crippen molar-refractivity contribution >= 4 is 16.6 Å². The molecular formula is C23H44N2O6Si2. The van der Waals surface area contributed by atoms with E-state index in [1.807, 2.05) is 0 Å². The molecule has 0 aromatic carbocycles. The van der Waals surface area contributed by atoms with Gasteiger partial charge in [0.1, 0.15) is 11.8 Å². The number of nitrogens with zero attached hydrogens (tertiary/aromatic N) is 1. The summed E-state index contributed by atoms with van der Waals surface area (Å²) >= 11 is 0. The van der Waals surface area contributed by atoms with E-state index in [0.717, 1.165) is 0 Å². The van der Waals surface area contributed by atoms with E-state index in [9.17, 15) is 14.7 Å². The predicted molar refractivity (Wildman–Crippen MR) is 136 cm³/mol. The number of hydrogen-bond donors (Lipinski definition) is 2. The molecule has 1 aromatic rings. The van der Waals surface area contributed by atoms with Gasteiger partial charge in [-0.05, 0) is 36.3 Å². The molecule has 8 nitrogen and oxygen atoms in total. The molecule has 3 atom stereocenters. The highest BCUT2D eigenvalue weighted by atomic mass is 28.4. The first kappa shape index (κ1) is 28.2. The Morgan fingerprint density at radius 2 is 1.70 bits per heavy atom. The highest BCUT2D eigenvalue weighted by molar-refractivity contribution is 6.74. The minimum atomic E-state index is -2.20. The van der Waals surface area contributed by atoms with Gasteiger partial charge in [-0.15, -0.1) is 0 Å². The van der Waals surface area contributed by atoms with Crippen LogP contribution in [0, 0.1) is 0 Å². The molecule has 1 saturated heterocycles. The van der Waals surface area contributed by atoms with E-state index in [1.165, 1.54) is 16.8 Å². The van der Waals surface area contributed by atoms with Gasteiger partial charge in [0.15, 0.2) is 16.6 Å². The molecule has 0 unspecified atom stereocenters. The summed E-state index contributed by atoms with van der Waals surface area (Å²) in [6.45, 7) is 22.0. The maximum absolute atomic E-state index is 12.5. The zero-order valence-corrected chi connectivity index (χ0v) is 24.1. The summed E-state index contributed by atoms with van der Waals surface area (Å²) in [6, 6.07) is 1.31. The van der Waals surface area contributed by atoms with Crippen molar-refractivity contribution in [2.75, 3.05) is 13.2 Å². The highest BCUT2D eigenvalue weighted by Gasteiger charge is 2.54. The zero-order valence-electron chi connectivity index (χ0n) is 22.1. The van der Waals surface area contributed by atoms with Gasteiger partial charge in [0.25, 0.3) is 5.56 Å². The fourth-order valence-electron chi connectivity index (χ4n) is 3.43. The molecule has 0 aliphatic carbocycles. The molecule has 0 radical (unpaired) electrons. The van der Waals surface area contributed by atoms with Gasteiger partial charge < -0.3 is 18.7 Å². The Hall–Kier alpha value is -1.05. The van der Waals surface area contributed by atoms with Crippen LogP contribution >= 0.6 is 0 Å². The van der Waals surface area contributed by atoms with Crippen molar-refractivity contribution in [2.45, 2.75) is 109 Å². The number of aromatic nitrogens is 2. The lowest BCUT2D eigenvalue weighted by atomic mass is 9.94. The predicted octanol–water partition coefficient (Wildman–Crippen LogP) is 3.99. The fourth-order valence-corrected chi connectivity index (χ4v) is 5.85. The van der Waals surface area contributed by atoms with E-state index in [2.05, 4.69) is 72.7 Å². The summed E-state index contributed by atoms with van der Waals surface area (Å²) in [5.41, 5.74) is -1.88. The van der Waals surface area contributed by atoms with E-state index in [1.54, 1.807) is 0 Å². The Kier molecular flexibility index (Phi) is 8.15. The lowest BCUT2D eigenvalue weighted by Gasteiger charge is -2.45. The van der Waals surface area contributed by atoms with Crippen LogP contribution in [-0.4, -0.2) is 56.2 Å². The molecule has 190 valence electrons. The summed E-state index contributed by atoms with van der Waals surface area (Å²) in [7, 11) is -4.32. The molecule has 0 saturated carbocycles. The van der Waals surface area contributed by atoms with Crippen LogP contribution in [0.1, 0.15) is 60.6 Å². The van der Waals surface area contributed by atoms with Gasteiger partial charge in [0.05, 0.1) is 12.7 Å². The van der Waals surface area contributed by atoms with Crippen molar-refractivity contribution in [1.82, 2.24) is 9.55 Å². The third-order valence-electron chi connectivity index (χ3n) is 7.80. The average Bonchev–Trinajstić information content (AvgIpc) is 2.96. The fraction of sp³-hybridized carbons (Fsp3) is 0.826. The first-order chi connectivity index (χ1) is 14.9. The van der Waals surface area contributed by atoms with E-state index < -0.39 is 39.7 Å². The third kappa shape index (κ3) is 6.15. The molecule has 10 heteroatoms. The van der Waals surface area contributed by atoms with Crippen molar-refractivity contribution in [3.8, 4) is 0 Å². The third-order valence-corrected chi connectivity index (χ3v) is 16.8. The molecule has 2 rings (SSSR count). The molecule has 1 aliphatic heterocycles. The first-order valence-corrected chi connectivity index (χ1v) is 17.6. The van der Waals surface area contributed by atoms with Crippen molar-refractivity contribution in [3.05, 3.63) is 33.1 Å². The van der Waals surface area contributed by atoms with E-state index in [0.29, 0.717) is 12.8 Å². The normalized spacial score (nSPS) is 24.9. The lowest BCUT2D eigenvalue weighted by Crippen LogP contribution is -2.55. The Morgan fingerprint density at radius 3 is 2.18 bits per heavy atom. The summed E-state index contributed by atoms with van der Waals surface area (Å²) in [4.78, 5) is 26.4.